The van der Waals surface area contributed by atoms with Crippen LogP contribution in [0.4, 0.5) is 13.2 Å². The van der Waals surface area contributed by atoms with Gasteiger partial charge in [0.25, 0.3) is 6.43 Å². The van der Waals surface area contributed by atoms with Crippen molar-refractivity contribution in [3.05, 3.63) is 29.6 Å². The molecule has 6 heteroatoms. The summed E-state index contributed by atoms with van der Waals surface area (Å²) in [6.07, 6.45) is -4.59. The van der Waals surface area contributed by atoms with Crippen LogP contribution in [0.25, 0.3) is 0 Å². The number of hydrogen-bond donors (Lipinski definition) is 1. The summed E-state index contributed by atoms with van der Waals surface area (Å²) in [7, 11) is 0. The SMILES string of the molecule is NC(=O)c1ccnc(C(F)C(F)F)c1. The Morgan fingerprint density at radius 3 is 2.57 bits per heavy atom. The van der Waals surface area contributed by atoms with E-state index in [-0.39, 0.29) is 5.56 Å². The van der Waals surface area contributed by atoms with E-state index in [2.05, 4.69) is 4.98 Å². The topological polar surface area (TPSA) is 56.0 Å². The normalized spacial score (nSPS) is 12.9. The van der Waals surface area contributed by atoms with Gasteiger partial charge in [-0.05, 0) is 12.1 Å². The molecule has 0 spiro atoms. The van der Waals surface area contributed by atoms with Crippen LogP contribution >= 0.6 is 0 Å². The van der Waals surface area contributed by atoms with Crippen molar-refractivity contribution in [2.45, 2.75) is 12.6 Å². The smallest absolute Gasteiger partial charge is 0.275 e. The average molecular weight is 204 g/mol. The van der Waals surface area contributed by atoms with E-state index in [9.17, 15) is 18.0 Å². The maximum atomic E-state index is 12.7. The molecule has 0 fully saturated rings. The molecule has 1 aromatic rings. The van der Waals surface area contributed by atoms with Crippen molar-refractivity contribution < 1.29 is 18.0 Å². The molecule has 0 bridgehead atoms. The zero-order chi connectivity index (χ0) is 10.7. The van der Waals surface area contributed by atoms with Crippen molar-refractivity contribution >= 4 is 5.91 Å². The predicted molar refractivity (Wildman–Crippen MR) is 42.6 cm³/mol. The van der Waals surface area contributed by atoms with Gasteiger partial charge in [-0.1, -0.05) is 0 Å². The lowest BCUT2D eigenvalue weighted by Crippen LogP contribution is -2.13. The number of aromatic nitrogens is 1. The first-order valence-corrected chi connectivity index (χ1v) is 3.70. The largest absolute Gasteiger partial charge is 0.366 e. The van der Waals surface area contributed by atoms with Crippen LogP contribution in [0.2, 0.25) is 0 Å². The van der Waals surface area contributed by atoms with Gasteiger partial charge in [-0.3, -0.25) is 9.78 Å². The molecule has 0 aliphatic heterocycles. The number of carbonyl (C=O) groups is 1. The molecule has 0 aliphatic carbocycles. The van der Waals surface area contributed by atoms with Crippen molar-refractivity contribution in [3.8, 4) is 0 Å². The van der Waals surface area contributed by atoms with Gasteiger partial charge in [0.15, 0.2) is 0 Å². The number of amides is 1. The third kappa shape index (κ3) is 2.21. The second-order valence-electron chi connectivity index (χ2n) is 2.57. The fraction of sp³-hybridized carbons (Fsp3) is 0.250. The zero-order valence-electron chi connectivity index (χ0n) is 6.95. The van der Waals surface area contributed by atoms with E-state index in [1.165, 1.54) is 6.07 Å². The molecule has 1 amide bonds. The van der Waals surface area contributed by atoms with Crippen LogP contribution in [0.1, 0.15) is 22.2 Å². The summed E-state index contributed by atoms with van der Waals surface area (Å²) in [5, 5.41) is 0. The molecule has 1 atom stereocenters. The van der Waals surface area contributed by atoms with Gasteiger partial charge in [-0.15, -0.1) is 0 Å². The number of halogens is 3. The highest BCUT2D eigenvalue weighted by atomic mass is 19.3. The Hall–Kier alpha value is -1.59. The molecule has 14 heavy (non-hydrogen) atoms. The van der Waals surface area contributed by atoms with Gasteiger partial charge < -0.3 is 5.73 Å². The first-order valence-electron chi connectivity index (χ1n) is 3.70. The lowest BCUT2D eigenvalue weighted by molar-refractivity contribution is 0.0472. The Morgan fingerprint density at radius 1 is 1.43 bits per heavy atom. The van der Waals surface area contributed by atoms with E-state index in [0.29, 0.717) is 0 Å². The maximum absolute atomic E-state index is 12.7. The summed E-state index contributed by atoms with van der Waals surface area (Å²) in [4.78, 5) is 14.0. The summed E-state index contributed by atoms with van der Waals surface area (Å²) in [6, 6.07) is 2.14. The number of hydrogen-bond acceptors (Lipinski definition) is 2. The fourth-order valence-corrected chi connectivity index (χ4v) is 0.881. The summed E-state index contributed by atoms with van der Waals surface area (Å²) >= 11 is 0. The van der Waals surface area contributed by atoms with Crippen molar-refractivity contribution in [1.29, 1.82) is 0 Å². The van der Waals surface area contributed by atoms with Gasteiger partial charge in [-0.25, -0.2) is 13.2 Å². The fourth-order valence-electron chi connectivity index (χ4n) is 0.881. The van der Waals surface area contributed by atoms with Crippen molar-refractivity contribution in [3.63, 3.8) is 0 Å². The van der Waals surface area contributed by atoms with E-state index in [4.69, 9.17) is 5.73 Å². The highest BCUT2D eigenvalue weighted by Crippen LogP contribution is 2.23. The Bertz CT molecular complexity index is 343. The quantitative estimate of drug-likeness (QED) is 0.810. The molecule has 1 aromatic heterocycles. The lowest BCUT2D eigenvalue weighted by Gasteiger charge is -2.06. The van der Waals surface area contributed by atoms with Crippen LogP contribution in [-0.4, -0.2) is 17.3 Å². The minimum atomic E-state index is -3.16. The van der Waals surface area contributed by atoms with Crippen LogP contribution in [-0.2, 0) is 0 Å². The van der Waals surface area contributed by atoms with Crippen LogP contribution in [0.3, 0.4) is 0 Å². The molecular weight excluding hydrogens is 197 g/mol. The van der Waals surface area contributed by atoms with E-state index in [1.807, 2.05) is 0 Å². The summed E-state index contributed by atoms with van der Waals surface area (Å²) in [5.41, 5.74) is 4.35. The number of primary amides is 1. The summed E-state index contributed by atoms with van der Waals surface area (Å²) in [6.45, 7) is 0. The highest BCUT2D eigenvalue weighted by molar-refractivity contribution is 5.92. The van der Waals surface area contributed by atoms with Gasteiger partial charge in [0.05, 0.1) is 5.69 Å². The van der Waals surface area contributed by atoms with Gasteiger partial charge in [0, 0.05) is 11.8 Å². The van der Waals surface area contributed by atoms with E-state index >= 15 is 0 Å². The monoisotopic (exact) mass is 204 g/mol. The van der Waals surface area contributed by atoms with Crippen LogP contribution in [0.15, 0.2) is 18.3 Å². The van der Waals surface area contributed by atoms with E-state index in [0.717, 1.165) is 12.3 Å². The second-order valence-corrected chi connectivity index (χ2v) is 2.57. The van der Waals surface area contributed by atoms with Crippen molar-refractivity contribution in [1.82, 2.24) is 4.98 Å². The third-order valence-electron chi connectivity index (χ3n) is 1.57. The first-order chi connectivity index (χ1) is 6.52. The Balaban J connectivity index is 2.99. The lowest BCUT2D eigenvalue weighted by atomic mass is 10.2. The third-order valence-corrected chi connectivity index (χ3v) is 1.57. The zero-order valence-corrected chi connectivity index (χ0v) is 6.95. The number of alkyl halides is 3. The number of pyridine rings is 1. The standard InChI is InChI=1S/C8H7F3N2O/c9-6(7(10)11)5-3-4(8(12)14)1-2-13-5/h1-3,6-7H,(H2,12,14). The Morgan fingerprint density at radius 2 is 2.07 bits per heavy atom. The molecule has 1 heterocycles. The van der Waals surface area contributed by atoms with E-state index in [1.54, 1.807) is 0 Å². The van der Waals surface area contributed by atoms with Crippen molar-refractivity contribution in [2.24, 2.45) is 5.73 Å². The Kier molecular flexibility index (Phi) is 3.06. The molecule has 2 N–H and O–H groups in total. The van der Waals surface area contributed by atoms with Gasteiger partial charge in [0.1, 0.15) is 0 Å². The maximum Gasteiger partial charge on any atom is 0.275 e. The average Bonchev–Trinajstić information content (AvgIpc) is 2.16. The van der Waals surface area contributed by atoms with Crippen LogP contribution in [0.5, 0.6) is 0 Å². The number of carbonyl (C=O) groups excluding carboxylic acids is 1. The molecule has 0 aliphatic rings. The molecule has 1 unspecified atom stereocenters. The van der Waals surface area contributed by atoms with E-state index < -0.39 is 24.2 Å². The summed E-state index contributed by atoms with van der Waals surface area (Å²) < 4.78 is 36.6. The number of rotatable bonds is 3. The van der Waals surface area contributed by atoms with Crippen LogP contribution < -0.4 is 5.73 Å². The second kappa shape index (κ2) is 4.08. The van der Waals surface area contributed by atoms with Crippen LogP contribution in [0, 0.1) is 0 Å². The molecular formula is C8H7F3N2O. The minimum absolute atomic E-state index is 0.0432. The molecule has 0 aromatic carbocycles. The molecule has 1 rings (SSSR count). The minimum Gasteiger partial charge on any atom is -0.366 e. The highest BCUT2D eigenvalue weighted by Gasteiger charge is 2.23. The molecule has 0 radical (unpaired) electrons. The molecule has 0 saturated carbocycles. The predicted octanol–water partition coefficient (Wildman–Crippen LogP) is 1.46. The molecule has 76 valence electrons. The van der Waals surface area contributed by atoms with Gasteiger partial charge in [-0.2, -0.15) is 0 Å². The molecule has 0 saturated heterocycles. The van der Waals surface area contributed by atoms with Gasteiger partial charge in [0.2, 0.25) is 12.1 Å². The first kappa shape index (κ1) is 10.5. The Labute approximate surface area is 77.7 Å². The van der Waals surface area contributed by atoms with Crippen molar-refractivity contribution in [2.75, 3.05) is 0 Å². The number of nitrogens with zero attached hydrogens (tertiary/aromatic N) is 1. The summed E-state index contributed by atoms with van der Waals surface area (Å²) in [5.74, 6) is -0.810. The number of nitrogens with two attached hydrogens (primary N) is 1. The molecule has 3 nitrogen and oxygen atoms in total. The van der Waals surface area contributed by atoms with Gasteiger partial charge >= 0.3 is 0 Å².